The number of nitrogens with zero attached hydrogens (tertiary/aromatic N) is 3. The van der Waals surface area contributed by atoms with Gasteiger partial charge in [0.25, 0.3) is 5.91 Å². The van der Waals surface area contributed by atoms with Crippen LogP contribution in [0.5, 0.6) is 0 Å². The summed E-state index contributed by atoms with van der Waals surface area (Å²) in [6.45, 7) is 5.52. The van der Waals surface area contributed by atoms with E-state index in [-0.39, 0.29) is 11.7 Å². The van der Waals surface area contributed by atoms with E-state index in [1.807, 2.05) is 31.0 Å². The summed E-state index contributed by atoms with van der Waals surface area (Å²) >= 11 is 1.41. The van der Waals surface area contributed by atoms with Gasteiger partial charge in [-0.15, -0.1) is 11.3 Å². The zero-order valence-corrected chi connectivity index (χ0v) is 16.3. The number of hydrogen-bond donors (Lipinski definition) is 0. The first-order valence-electron chi connectivity index (χ1n) is 9.16. The zero-order chi connectivity index (χ0) is 18.5. The number of carbonyl (C=O) groups excluding carboxylic acids is 1. The fourth-order valence-corrected chi connectivity index (χ4v) is 4.43. The molecule has 1 fully saturated rings. The average Bonchev–Trinajstić information content (AvgIpc) is 3.06. The molecular weight excluding hydrogens is 349 g/mol. The minimum absolute atomic E-state index is 0.0634. The summed E-state index contributed by atoms with van der Waals surface area (Å²) in [6, 6.07) is 7.00. The normalized spacial score (nSPS) is 18.0. The lowest BCUT2D eigenvalue weighted by Crippen LogP contribution is -2.42. The Balaban J connectivity index is 1.51. The molecule has 26 heavy (non-hydrogen) atoms. The standard InChI is InChI=1S/C20H26FN3OS/c1-15-19(26-14-22-15)20(25)23(2)12-16-6-5-10-24(13-16)11-9-17-7-3-4-8-18(17)21/h3-4,7-8,14,16H,5-6,9-13H2,1-2H3/t16-/m0/s1. The van der Waals surface area contributed by atoms with Crippen molar-refractivity contribution in [3.8, 4) is 0 Å². The molecule has 1 aliphatic heterocycles. The number of hydrogen-bond acceptors (Lipinski definition) is 4. The van der Waals surface area contributed by atoms with Crippen LogP contribution in [0.4, 0.5) is 4.39 Å². The topological polar surface area (TPSA) is 36.4 Å². The van der Waals surface area contributed by atoms with Gasteiger partial charge >= 0.3 is 0 Å². The second kappa shape index (κ2) is 8.73. The molecule has 0 bridgehead atoms. The molecule has 0 spiro atoms. The summed E-state index contributed by atoms with van der Waals surface area (Å²) in [5, 5.41) is 0. The second-order valence-electron chi connectivity index (χ2n) is 7.10. The number of halogens is 1. The number of amides is 1. The fourth-order valence-electron chi connectivity index (χ4n) is 3.63. The summed E-state index contributed by atoms with van der Waals surface area (Å²) in [7, 11) is 1.87. The van der Waals surface area contributed by atoms with Gasteiger partial charge in [0, 0.05) is 26.7 Å². The zero-order valence-electron chi connectivity index (χ0n) is 15.4. The third-order valence-corrected chi connectivity index (χ3v) is 5.99. The van der Waals surface area contributed by atoms with Crippen LogP contribution in [0.1, 0.15) is 33.8 Å². The van der Waals surface area contributed by atoms with Crippen LogP contribution >= 0.6 is 11.3 Å². The Morgan fingerprint density at radius 1 is 1.42 bits per heavy atom. The Morgan fingerprint density at radius 2 is 2.23 bits per heavy atom. The second-order valence-corrected chi connectivity index (χ2v) is 7.96. The number of aryl methyl sites for hydroxylation is 1. The maximum absolute atomic E-state index is 13.8. The number of carbonyl (C=O) groups is 1. The van der Waals surface area contributed by atoms with E-state index in [1.165, 1.54) is 17.4 Å². The first-order chi connectivity index (χ1) is 12.5. The van der Waals surface area contributed by atoms with E-state index in [4.69, 9.17) is 0 Å². The quantitative estimate of drug-likeness (QED) is 0.774. The van der Waals surface area contributed by atoms with Crippen LogP contribution in [-0.4, -0.2) is 53.9 Å². The average molecular weight is 376 g/mol. The van der Waals surface area contributed by atoms with Crippen LogP contribution in [0.2, 0.25) is 0 Å². The Bertz CT molecular complexity index is 748. The van der Waals surface area contributed by atoms with Crippen molar-refractivity contribution >= 4 is 17.2 Å². The van der Waals surface area contributed by atoms with Crippen LogP contribution in [0.3, 0.4) is 0 Å². The van der Waals surface area contributed by atoms with E-state index >= 15 is 0 Å². The largest absolute Gasteiger partial charge is 0.341 e. The van der Waals surface area contributed by atoms with Gasteiger partial charge in [-0.3, -0.25) is 4.79 Å². The minimum Gasteiger partial charge on any atom is -0.341 e. The molecule has 1 saturated heterocycles. The number of aromatic nitrogens is 1. The summed E-state index contributed by atoms with van der Waals surface area (Å²) in [5.74, 6) is 0.409. The maximum atomic E-state index is 13.8. The molecule has 1 atom stereocenters. The van der Waals surface area contributed by atoms with Crippen molar-refractivity contribution in [3.05, 3.63) is 51.7 Å². The Kier molecular flexibility index (Phi) is 6.38. The van der Waals surface area contributed by atoms with E-state index < -0.39 is 0 Å². The first-order valence-corrected chi connectivity index (χ1v) is 10.0. The molecule has 1 amide bonds. The predicted octanol–water partition coefficient (Wildman–Crippen LogP) is 3.62. The van der Waals surface area contributed by atoms with Gasteiger partial charge in [-0.25, -0.2) is 9.37 Å². The monoisotopic (exact) mass is 375 g/mol. The van der Waals surface area contributed by atoms with Gasteiger partial charge < -0.3 is 9.80 Å². The van der Waals surface area contributed by atoms with Gasteiger partial charge in [-0.1, -0.05) is 18.2 Å². The number of benzene rings is 1. The lowest BCUT2D eigenvalue weighted by atomic mass is 9.97. The van der Waals surface area contributed by atoms with Gasteiger partial charge in [0.05, 0.1) is 11.2 Å². The Hall–Kier alpha value is -1.79. The molecule has 1 aromatic carbocycles. The highest BCUT2D eigenvalue weighted by Gasteiger charge is 2.24. The van der Waals surface area contributed by atoms with Crippen LogP contribution in [-0.2, 0) is 6.42 Å². The SMILES string of the molecule is Cc1ncsc1C(=O)N(C)C[C@@H]1CCCN(CCc2ccccc2F)C1. The van der Waals surface area contributed by atoms with Crippen molar-refractivity contribution in [2.75, 3.05) is 33.2 Å². The van der Waals surface area contributed by atoms with Gasteiger partial charge in [-0.05, 0) is 50.3 Å². The van der Waals surface area contributed by atoms with Crippen molar-refractivity contribution in [1.82, 2.24) is 14.8 Å². The van der Waals surface area contributed by atoms with Crippen molar-refractivity contribution in [3.63, 3.8) is 0 Å². The van der Waals surface area contributed by atoms with E-state index in [9.17, 15) is 9.18 Å². The molecule has 0 radical (unpaired) electrons. The van der Waals surface area contributed by atoms with Crippen molar-refractivity contribution in [2.24, 2.45) is 5.92 Å². The van der Waals surface area contributed by atoms with Gasteiger partial charge in [0.1, 0.15) is 10.7 Å². The Morgan fingerprint density at radius 3 is 2.96 bits per heavy atom. The molecule has 0 unspecified atom stereocenters. The highest BCUT2D eigenvalue weighted by molar-refractivity contribution is 7.11. The summed E-state index contributed by atoms with van der Waals surface area (Å²) in [4.78, 5) is 21.7. The van der Waals surface area contributed by atoms with Crippen LogP contribution in [0.15, 0.2) is 29.8 Å². The third kappa shape index (κ3) is 4.68. The fraction of sp³-hybridized carbons (Fsp3) is 0.500. The number of piperidine rings is 1. The van der Waals surface area contributed by atoms with Crippen LogP contribution in [0, 0.1) is 18.7 Å². The molecule has 4 nitrogen and oxygen atoms in total. The van der Waals surface area contributed by atoms with Crippen molar-refractivity contribution < 1.29 is 9.18 Å². The van der Waals surface area contributed by atoms with Crippen LogP contribution in [0.25, 0.3) is 0 Å². The summed E-state index contributed by atoms with van der Waals surface area (Å²) in [6.07, 6.45) is 2.99. The van der Waals surface area contributed by atoms with E-state index in [2.05, 4.69) is 9.88 Å². The first kappa shape index (κ1) is 19.0. The lowest BCUT2D eigenvalue weighted by Gasteiger charge is -2.34. The van der Waals surface area contributed by atoms with Crippen LogP contribution < -0.4 is 0 Å². The number of likely N-dealkylation sites (tertiary alicyclic amines) is 1. The molecule has 1 aliphatic rings. The smallest absolute Gasteiger partial charge is 0.265 e. The van der Waals surface area contributed by atoms with Gasteiger partial charge in [0.2, 0.25) is 0 Å². The molecule has 0 saturated carbocycles. The number of rotatable bonds is 6. The summed E-state index contributed by atoms with van der Waals surface area (Å²) < 4.78 is 13.8. The molecular formula is C20H26FN3OS. The molecule has 6 heteroatoms. The van der Waals surface area contributed by atoms with E-state index in [0.29, 0.717) is 5.92 Å². The molecule has 0 N–H and O–H groups in total. The molecule has 3 rings (SSSR count). The highest BCUT2D eigenvalue weighted by Crippen LogP contribution is 2.20. The van der Waals surface area contributed by atoms with Crippen molar-refractivity contribution in [2.45, 2.75) is 26.2 Å². The van der Waals surface area contributed by atoms with Gasteiger partial charge in [-0.2, -0.15) is 0 Å². The molecule has 2 aromatic rings. The molecule has 2 heterocycles. The van der Waals surface area contributed by atoms with E-state index in [0.717, 1.165) is 61.6 Å². The van der Waals surface area contributed by atoms with Crippen molar-refractivity contribution in [1.29, 1.82) is 0 Å². The maximum Gasteiger partial charge on any atom is 0.265 e. The molecule has 140 valence electrons. The Labute approximate surface area is 158 Å². The van der Waals surface area contributed by atoms with E-state index in [1.54, 1.807) is 11.6 Å². The third-order valence-electron chi connectivity index (χ3n) is 5.08. The predicted molar refractivity (Wildman–Crippen MR) is 103 cm³/mol. The lowest BCUT2D eigenvalue weighted by molar-refractivity contribution is 0.0734. The summed E-state index contributed by atoms with van der Waals surface area (Å²) in [5.41, 5.74) is 3.31. The minimum atomic E-state index is -0.119. The number of thiazole rings is 1. The highest BCUT2D eigenvalue weighted by atomic mass is 32.1. The molecule has 0 aliphatic carbocycles. The van der Waals surface area contributed by atoms with Gasteiger partial charge in [0.15, 0.2) is 0 Å². The molecule has 1 aromatic heterocycles.